The number of carbonyl (C=O) groups excluding carboxylic acids is 2. The summed E-state index contributed by atoms with van der Waals surface area (Å²) in [7, 11) is 1.57. The van der Waals surface area contributed by atoms with Crippen LogP contribution in [0.15, 0.2) is 103 Å². The number of carbonyl (C=O) groups is 2. The Bertz CT molecular complexity index is 1380. The molecule has 0 saturated heterocycles. The zero-order valence-electron chi connectivity index (χ0n) is 20.6. The number of esters is 1. The summed E-state index contributed by atoms with van der Waals surface area (Å²) >= 11 is 0. The number of methoxy groups -OCH3 is 1. The molecular weight excluding hydrogens is 466 g/mol. The molecule has 1 amide bonds. The van der Waals surface area contributed by atoms with Gasteiger partial charge in [0.15, 0.2) is 11.5 Å². The molecule has 0 spiro atoms. The van der Waals surface area contributed by atoms with E-state index in [0.717, 1.165) is 16.7 Å². The highest BCUT2D eigenvalue weighted by Gasteiger charge is 2.09. The van der Waals surface area contributed by atoms with Crippen molar-refractivity contribution in [2.45, 2.75) is 13.5 Å². The highest BCUT2D eigenvalue weighted by atomic mass is 16.5. The van der Waals surface area contributed by atoms with Crippen molar-refractivity contribution >= 4 is 23.6 Å². The van der Waals surface area contributed by atoms with Crippen molar-refractivity contribution in [3.8, 4) is 17.2 Å². The molecular formula is C31H27NO5. The van der Waals surface area contributed by atoms with Crippen molar-refractivity contribution in [2.75, 3.05) is 12.4 Å². The van der Waals surface area contributed by atoms with Gasteiger partial charge in [0.2, 0.25) is 0 Å². The summed E-state index contributed by atoms with van der Waals surface area (Å²) in [5.41, 5.74) is 4.09. The van der Waals surface area contributed by atoms with E-state index in [1.807, 2.05) is 67.6 Å². The van der Waals surface area contributed by atoms with E-state index in [-0.39, 0.29) is 5.91 Å². The summed E-state index contributed by atoms with van der Waals surface area (Å²) in [4.78, 5) is 24.7. The van der Waals surface area contributed by atoms with Gasteiger partial charge < -0.3 is 19.5 Å². The van der Waals surface area contributed by atoms with Crippen molar-refractivity contribution in [1.82, 2.24) is 0 Å². The summed E-state index contributed by atoms with van der Waals surface area (Å²) in [5, 5.41) is 2.84. The van der Waals surface area contributed by atoms with Crippen molar-refractivity contribution in [3.63, 3.8) is 0 Å². The molecule has 0 fully saturated rings. The van der Waals surface area contributed by atoms with Crippen molar-refractivity contribution in [3.05, 3.63) is 125 Å². The van der Waals surface area contributed by atoms with Gasteiger partial charge in [-0.15, -0.1) is 0 Å². The molecule has 0 bridgehead atoms. The van der Waals surface area contributed by atoms with Crippen molar-refractivity contribution in [1.29, 1.82) is 0 Å². The molecule has 0 unspecified atom stereocenters. The van der Waals surface area contributed by atoms with Crippen LogP contribution in [0.4, 0.5) is 5.69 Å². The number of benzene rings is 4. The Morgan fingerprint density at radius 1 is 0.838 bits per heavy atom. The van der Waals surface area contributed by atoms with Gasteiger partial charge in [-0.2, -0.15) is 0 Å². The number of hydrogen-bond donors (Lipinski definition) is 1. The molecule has 4 aromatic carbocycles. The minimum absolute atomic E-state index is 0.244. The first-order valence-electron chi connectivity index (χ1n) is 11.7. The largest absolute Gasteiger partial charge is 0.493 e. The molecule has 4 rings (SSSR count). The van der Waals surface area contributed by atoms with Gasteiger partial charge >= 0.3 is 5.97 Å². The lowest BCUT2D eigenvalue weighted by Crippen LogP contribution is -2.12. The Hall–Kier alpha value is -4.84. The van der Waals surface area contributed by atoms with Crippen LogP contribution in [0.3, 0.4) is 0 Å². The average molecular weight is 494 g/mol. The quantitative estimate of drug-likeness (QED) is 0.165. The van der Waals surface area contributed by atoms with Gasteiger partial charge in [-0.1, -0.05) is 54.1 Å². The van der Waals surface area contributed by atoms with E-state index in [9.17, 15) is 9.59 Å². The number of hydrogen-bond acceptors (Lipinski definition) is 5. The van der Waals surface area contributed by atoms with Crippen LogP contribution in [0.1, 0.15) is 27.0 Å². The van der Waals surface area contributed by atoms with Crippen LogP contribution in [0.2, 0.25) is 0 Å². The molecule has 37 heavy (non-hydrogen) atoms. The van der Waals surface area contributed by atoms with E-state index >= 15 is 0 Å². The van der Waals surface area contributed by atoms with Crippen LogP contribution in [0.25, 0.3) is 6.08 Å². The summed E-state index contributed by atoms with van der Waals surface area (Å²) in [5.74, 6) is 0.722. The lowest BCUT2D eigenvalue weighted by Gasteiger charge is -2.11. The molecule has 4 aromatic rings. The number of amides is 1. The zero-order valence-corrected chi connectivity index (χ0v) is 20.6. The number of ether oxygens (including phenoxy) is 3. The average Bonchev–Trinajstić information content (AvgIpc) is 2.93. The third kappa shape index (κ3) is 7.32. The minimum Gasteiger partial charge on any atom is -0.493 e. The van der Waals surface area contributed by atoms with Crippen LogP contribution < -0.4 is 19.5 Å². The van der Waals surface area contributed by atoms with E-state index < -0.39 is 5.97 Å². The van der Waals surface area contributed by atoms with Gasteiger partial charge in [-0.3, -0.25) is 4.79 Å². The molecule has 0 saturated carbocycles. The van der Waals surface area contributed by atoms with Gasteiger partial charge in [0, 0.05) is 17.3 Å². The topological polar surface area (TPSA) is 73.9 Å². The molecule has 0 atom stereocenters. The van der Waals surface area contributed by atoms with E-state index in [0.29, 0.717) is 35.1 Å². The Balaban J connectivity index is 1.32. The van der Waals surface area contributed by atoms with E-state index in [1.54, 1.807) is 49.6 Å². The number of rotatable bonds is 9. The molecule has 0 aliphatic rings. The van der Waals surface area contributed by atoms with Gasteiger partial charge in [0.1, 0.15) is 12.4 Å². The van der Waals surface area contributed by atoms with Crippen LogP contribution in [-0.2, 0) is 11.4 Å². The number of nitrogens with one attached hydrogen (secondary N) is 1. The molecule has 0 heterocycles. The van der Waals surface area contributed by atoms with E-state index in [2.05, 4.69) is 5.32 Å². The predicted molar refractivity (Wildman–Crippen MR) is 144 cm³/mol. The normalized spacial score (nSPS) is 10.6. The maximum absolute atomic E-state index is 12.4. The fraction of sp³-hybridized carbons (Fsp3) is 0.0968. The summed E-state index contributed by atoms with van der Waals surface area (Å²) in [6, 6.07) is 29.2. The fourth-order valence-electron chi connectivity index (χ4n) is 3.47. The molecule has 0 aliphatic heterocycles. The summed E-state index contributed by atoms with van der Waals surface area (Å²) in [6.45, 7) is 2.40. The smallest absolute Gasteiger partial charge is 0.336 e. The highest BCUT2D eigenvalue weighted by Crippen LogP contribution is 2.29. The first-order valence-corrected chi connectivity index (χ1v) is 11.7. The molecule has 6 nitrogen and oxygen atoms in total. The Morgan fingerprint density at radius 3 is 2.27 bits per heavy atom. The van der Waals surface area contributed by atoms with Gasteiger partial charge in [-0.05, 0) is 72.7 Å². The number of aryl methyl sites for hydroxylation is 1. The van der Waals surface area contributed by atoms with Crippen LogP contribution in [0, 0.1) is 6.92 Å². The lowest BCUT2D eigenvalue weighted by atomic mass is 10.2. The molecule has 0 aromatic heterocycles. The van der Waals surface area contributed by atoms with Crippen molar-refractivity contribution in [2.24, 2.45) is 0 Å². The van der Waals surface area contributed by atoms with Gasteiger partial charge in [0.05, 0.1) is 7.11 Å². The van der Waals surface area contributed by atoms with Crippen molar-refractivity contribution < 1.29 is 23.8 Å². The number of anilines is 1. The summed E-state index contributed by atoms with van der Waals surface area (Å²) in [6.07, 6.45) is 2.96. The first kappa shape index (κ1) is 25.3. The van der Waals surface area contributed by atoms with Crippen LogP contribution in [-0.4, -0.2) is 19.0 Å². The van der Waals surface area contributed by atoms with E-state index in [4.69, 9.17) is 14.2 Å². The second-order valence-corrected chi connectivity index (χ2v) is 8.28. The molecule has 0 radical (unpaired) electrons. The predicted octanol–water partition coefficient (Wildman–Crippen LogP) is 6.45. The first-order chi connectivity index (χ1) is 18.0. The van der Waals surface area contributed by atoms with Crippen LogP contribution in [0.5, 0.6) is 17.2 Å². The third-order valence-corrected chi connectivity index (χ3v) is 5.48. The Morgan fingerprint density at radius 2 is 1.57 bits per heavy atom. The maximum atomic E-state index is 12.4. The lowest BCUT2D eigenvalue weighted by molar-refractivity contribution is -0.128. The SMILES string of the molecule is COc1cc(/C=C/C(=O)Oc2ccc(C(=O)Nc3ccc(C)cc3)cc2)ccc1OCc1ccccc1. The molecule has 1 N–H and O–H groups in total. The van der Waals surface area contributed by atoms with Gasteiger partial charge in [-0.25, -0.2) is 4.79 Å². The van der Waals surface area contributed by atoms with Crippen LogP contribution >= 0.6 is 0 Å². The monoisotopic (exact) mass is 493 g/mol. The Labute approximate surface area is 216 Å². The molecule has 0 aliphatic carbocycles. The minimum atomic E-state index is -0.541. The molecule has 6 heteroatoms. The zero-order chi connectivity index (χ0) is 26.0. The second kappa shape index (κ2) is 12.2. The Kier molecular flexibility index (Phi) is 8.34. The third-order valence-electron chi connectivity index (χ3n) is 5.48. The fourth-order valence-corrected chi connectivity index (χ4v) is 3.47. The van der Waals surface area contributed by atoms with E-state index in [1.165, 1.54) is 6.08 Å². The second-order valence-electron chi connectivity index (χ2n) is 8.28. The standard InChI is InChI=1S/C31H27NO5/c1-22-8-14-26(15-9-22)32-31(34)25-12-16-27(17-13-25)37-30(33)19-11-23-10-18-28(29(20-23)35-2)36-21-24-6-4-3-5-7-24/h3-20H,21H2,1-2H3,(H,32,34)/b19-11+. The maximum Gasteiger partial charge on any atom is 0.336 e. The van der Waals surface area contributed by atoms with Gasteiger partial charge in [0.25, 0.3) is 5.91 Å². The molecule has 186 valence electrons. The summed E-state index contributed by atoms with van der Waals surface area (Å²) < 4.78 is 16.7. The highest BCUT2D eigenvalue weighted by molar-refractivity contribution is 6.04.